The SMILES string of the molecule is O=C1CC2(CCN(C(=O)CCSCc3ccc(F)cc3)CC2)CN1. The molecule has 130 valence electrons. The number of nitrogens with zero attached hydrogens (tertiary/aromatic N) is 1. The molecule has 0 saturated carbocycles. The van der Waals surface area contributed by atoms with Crippen molar-refractivity contribution in [2.75, 3.05) is 25.4 Å². The van der Waals surface area contributed by atoms with Crippen molar-refractivity contribution < 1.29 is 14.0 Å². The standard InChI is InChI=1S/C18H23FN2O2S/c19-15-3-1-14(2-4-15)12-24-10-5-17(23)21-8-6-18(7-9-21)11-16(22)20-13-18/h1-4H,5-13H2,(H,20,22). The number of rotatable bonds is 5. The van der Waals surface area contributed by atoms with Crippen LogP contribution in [0.3, 0.4) is 0 Å². The van der Waals surface area contributed by atoms with Crippen molar-refractivity contribution in [3.05, 3.63) is 35.6 Å². The summed E-state index contributed by atoms with van der Waals surface area (Å²) in [4.78, 5) is 25.7. The van der Waals surface area contributed by atoms with E-state index in [0.717, 1.165) is 49.5 Å². The van der Waals surface area contributed by atoms with E-state index < -0.39 is 0 Å². The third-order valence-corrected chi connectivity index (χ3v) is 6.05. The van der Waals surface area contributed by atoms with Crippen LogP contribution in [0.1, 0.15) is 31.2 Å². The van der Waals surface area contributed by atoms with E-state index in [1.54, 1.807) is 23.9 Å². The summed E-state index contributed by atoms with van der Waals surface area (Å²) in [6.07, 6.45) is 2.99. The van der Waals surface area contributed by atoms with Crippen molar-refractivity contribution in [3.63, 3.8) is 0 Å². The number of hydrogen-bond acceptors (Lipinski definition) is 3. The van der Waals surface area contributed by atoms with Gasteiger partial charge in [0.25, 0.3) is 0 Å². The Morgan fingerprint density at radius 3 is 2.58 bits per heavy atom. The lowest BCUT2D eigenvalue weighted by molar-refractivity contribution is -0.132. The molecule has 0 radical (unpaired) electrons. The molecule has 1 aromatic rings. The van der Waals surface area contributed by atoms with E-state index in [1.807, 2.05) is 4.90 Å². The number of benzene rings is 1. The molecule has 1 aromatic carbocycles. The number of halogens is 1. The fraction of sp³-hybridized carbons (Fsp3) is 0.556. The van der Waals surface area contributed by atoms with Gasteiger partial charge < -0.3 is 10.2 Å². The molecule has 0 atom stereocenters. The van der Waals surface area contributed by atoms with Gasteiger partial charge in [-0.05, 0) is 36.0 Å². The molecule has 0 aliphatic carbocycles. The summed E-state index contributed by atoms with van der Waals surface area (Å²) < 4.78 is 12.8. The zero-order valence-corrected chi connectivity index (χ0v) is 14.5. The molecule has 6 heteroatoms. The molecule has 24 heavy (non-hydrogen) atoms. The van der Waals surface area contributed by atoms with Crippen LogP contribution in [-0.4, -0.2) is 42.1 Å². The number of piperidine rings is 1. The number of thioether (sulfide) groups is 1. The Kier molecular flexibility index (Phi) is 5.43. The van der Waals surface area contributed by atoms with Gasteiger partial charge in [0.2, 0.25) is 11.8 Å². The maximum absolute atomic E-state index is 12.8. The topological polar surface area (TPSA) is 49.4 Å². The second-order valence-corrected chi connectivity index (χ2v) is 7.87. The number of carbonyl (C=O) groups excluding carboxylic acids is 2. The minimum absolute atomic E-state index is 0.0885. The van der Waals surface area contributed by atoms with Gasteiger partial charge in [0.1, 0.15) is 5.82 Å². The molecular weight excluding hydrogens is 327 g/mol. The quantitative estimate of drug-likeness (QED) is 0.831. The van der Waals surface area contributed by atoms with E-state index in [4.69, 9.17) is 0 Å². The van der Waals surface area contributed by atoms with E-state index >= 15 is 0 Å². The number of nitrogens with one attached hydrogen (secondary N) is 1. The zero-order chi connectivity index (χ0) is 17.0. The summed E-state index contributed by atoms with van der Waals surface area (Å²) in [6.45, 7) is 2.29. The number of likely N-dealkylation sites (tertiary alicyclic amines) is 1. The molecule has 2 saturated heterocycles. The molecule has 0 unspecified atom stereocenters. The van der Waals surface area contributed by atoms with Gasteiger partial charge in [-0.15, -0.1) is 0 Å². The van der Waals surface area contributed by atoms with Gasteiger partial charge in [-0.1, -0.05) is 12.1 Å². The van der Waals surface area contributed by atoms with Crippen LogP contribution in [0.4, 0.5) is 4.39 Å². The maximum atomic E-state index is 12.8. The van der Waals surface area contributed by atoms with Crippen LogP contribution in [0.15, 0.2) is 24.3 Å². The summed E-state index contributed by atoms with van der Waals surface area (Å²) in [7, 11) is 0. The fourth-order valence-electron chi connectivity index (χ4n) is 3.42. The molecule has 1 N–H and O–H groups in total. The van der Waals surface area contributed by atoms with Crippen LogP contribution in [0.25, 0.3) is 0 Å². The minimum Gasteiger partial charge on any atom is -0.356 e. The smallest absolute Gasteiger partial charge is 0.223 e. The van der Waals surface area contributed by atoms with Crippen molar-refractivity contribution in [2.45, 2.75) is 31.4 Å². The van der Waals surface area contributed by atoms with Gasteiger partial charge in [-0.2, -0.15) is 11.8 Å². The van der Waals surface area contributed by atoms with E-state index in [9.17, 15) is 14.0 Å². The monoisotopic (exact) mass is 350 g/mol. The first-order chi connectivity index (χ1) is 11.6. The lowest BCUT2D eigenvalue weighted by Crippen LogP contribution is -2.44. The van der Waals surface area contributed by atoms with Gasteiger partial charge in [-0.3, -0.25) is 9.59 Å². The summed E-state index contributed by atoms with van der Waals surface area (Å²) in [5.74, 6) is 1.70. The van der Waals surface area contributed by atoms with Crippen LogP contribution in [0.5, 0.6) is 0 Å². The third-order valence-electron chi connectivity index (χ3n) is 5.02. The van der Waals surface area contributed by atoms with Gasteiger partial charge in [0.05, 0.1) is 0 Å². The van der Waals surface area contributed by atoms with Crippen molar-refractivity contribution in [1.82, 2.24) is 10.2 Å². The van der Waals surface area contributed by atoms with Crippen molar-refractivity contribution >= 4 is 23.6 Å². The Hall–Kier alpha value is -1.56. The van der Waals surface area contributed by atoms with Crippen LogP contribution in [0.2, 0.25) is 0 Å². The van der Waals surface area contributed by atoms with Crippen LogP contribution >= 0.6 is 11.8 Å². The first-order valence-corrected chi connectivity index (χ1v) is 9.59. The second-order valence-electron chi connectivity index (χ2n) is 6.76. The third kappa shape index (κ3) is 4.29. The van der Waals surface area contributed by atoms with Crippen molar-refractivity contribution in [3.8, 4) is 0 Å². The van der Waals surface area contributed by atoms with Gasteiger partial charge in [0.15, 0.2) is 0 Å². The Morgan fingerprint density at radius 1 is 1.25 bits per heavy atom. The van der Waals surface area contributed by atoms with E-state index in [0.29, 0.717) is 12.8 Å². The average molecular weight is 350 g/mol. The molecule has 4 nitrogen and oxygen atoms in total. The van der Waals surface area contributed by atoms with Crippen LogP contribution in [-0.2, 0) is 15.3 Å². The first kappa shape index (κ1) is 17.3. The van der Waals surface area contributed by atoms with Gasteiger partial charge in [-0.25, -0.2) is 4.39 Å². The molecule has 0 bridgehead atoms. The molecule has 2 fully saturated rings. The lowest BCUT2D eigenvalue weighted by Gasteiger charge is -2.38. The highest BCUT2D eigenvalue weighted by molar-refractivity contribution is 7.98. The van der Waals surface area contributed by atoms with Gasteiger partial charge in [0, 0.05) is 44.0 Å². The predicted molar refractivity (Wildman–Crippen MR) is 93.1 cm³/mol. The molecule has 3 rings (SSSR count). The Labute approximate surface area is 146 Å². The molecule has 0 aromatic heterocycles. The van der Waals surface area contributed by atoms with Crippen molar-refractivity contribution in [2.24, 2.45) is 5.41 Å². The highest BCUT2D eigenvalue weighted by Crippen LogP contribution is 2.37. The summed E-state index contributed by atoms with van der Waals surface area (Å²) in [5, 5.41) is 2.92. The molecule has 2 aliphatic heterocycles. The summed E-state index contributed by atoms with van der Waals surface area (Å²) in [6, 6.07) is 6.50. The lowest BCUT2D eigenvalue weighted by atomic mass is 9.77. The summed E-state index contributed by atoms with van der Waals surface area (Å²) >= 11 is 1.70. The molecular formula is C18H23FN2O2S. The second kappa shape index (κ2) is 7.55. The molecule has 2 amide bonds. The van der Waals surface area contributed by atoms with E-state index in [2.05, 4.69) is 5.32 Å². The van der Waals surface area contributed by atoms with Gasteiger partial charge >= 0.3 is 0 Å². The van der Waals surface area contributed by atoms with E-state index in [1.165, 1.54) is 12.1 Å². The number of hydrogen-bond donors (Lipinski definition) is 1. The Balaban J connectivity index is 1.35. The van der Waals surface area contributed by atoms with Crippen molar-refractivity contribution in [1.29, 1.82) is 0 Å². The number of carbonyl (C=O) groups is 2. The number of amides is 2. The van der Waals surface area contributed by atoms with Crippen LogP contribution in [0, 0.1) is 11.2 Å². The molecule has 2 aliphatic rings. The summed E-state index contributed by atoms with van der Waals surface area (Å²) in [5.41, 5.74) is 1.16. The predicted octanol–water partition coefficient (Wildman–Crippen LogP) is 2.58. The van der Waals surface area contributed by atoms with Crippen LogP contribution < -0.4 is 5.32 Å². The minimum atomic E-state index is -0.221. The Bertz CT molecular complexity index is 598. The Morgan fingerprint density at radius 2 is 1.96 bits per heavy atom. The maximum Gasteiger partial charge on any atom is 0.223 e. The highest BCUT2D eigenvalue weighted by atomic mass is 32.2. The normalized spacial score (nSPS) is 19.5. The molecule has 2 heterocycles. The zero-order valence-electron chi connectivity index (χ0n) is 13.7. The fourth-order valence-corrected chi connectivity index (χ4v) is 4.32. The average Bonchev–Trinajstić information content (AvgIpc) is 2.94. The highest BCUT2D eigenvalue weighted by Gasteiger charge is 2.41. The first-order valence-electron chi connectivity index (χ1n) is 8.43. The molecule has 1 spiro atoms. The van der Waals surface area contributed by atoms with E-state index in [-0.39, 0.29) is 23.0 Å². The largest absolute Gasteiger partial charge is 0.356 e.